The zero-order valence-corrected chi connectivity index (χ0v) is 13.3. The molecule has 24 heavy (non-hydrogen) atoms. The summed E-state index contributed by atoms with van der Waals surface area (Å²) in [7, 11) is 1.47. The van der Waals surface area contributed by atoms with Gasteiger partial charge < -0.3 is 15.3 Å². The lowest BCUT2D eigenvalue weighted by Gasteiger charge is -2.24. The molecule has 2 rings (SSSR count). The third kappa shape index (κ3) is 4.08. The molecule has 0 aliphatic heterocycles. The number of benzene rings is 2. The van der Waals surface area contributed by atoms with E-state index in [-0.39, 0.29) is 30.3 Å². The first-order chi connectivity index (χ1) is 11.6. The van der Waals surface area contributed by atoms with Crippen molar-refractivity contribution in [1.29, 1.82) is 0 Å². The van der Waals surface area contributed by atoms with Crippen molar-refractivity contribution in [2.45, 2.75) is 6.54 Å². The minimum Gasteiger partial charge on any atom is -0.395 e. The first-order valence-electron chi connectivity index (χ1n) is 7.47. The fraction of sp³-hybridized carbons (Fsp3) is 0.235. The molecule has 0 saturated heterocycles. The minimum absolute atomic E-state index is 0.138. The lowest BCUT2D eigenvalue weighted by Crippen LogP contribution is -2.27. The van der Waals surface area contributed by atoms with E-state index in [1.165, 1.54) is 19.2 Å². The maximum Gasteiger partial charge on any atom is 0.293 e. The van der Waals surface area contributed by atoms with E-state index in [9.17, 15) is 20.0 Å². The summed E-state index contributed by atoms with van der Waals surface area (Å²) in [6, 6.07) is 13.8. The van der Waals surface area contributed by atoms with Crippen LogP contribution in [-0.2, 0) is 6.54 Å². The van der Waals surface area contributed by atoms with Gasteiger partial charge in [-0.2, -0.15) is 0 Å². The standard InChI is InChI=1S/C17H19N3O4/c1-18-17(22)14-7-8-15(16(11-14)20(23)24)19(9-10-21)12-13-5-3-2-4-6-13/h2-8,11,21H,9-10,12H2,1H3,(H,18,22). The van der Waals surface area contributed by atoms with Gasteiger partial charge in [0.25, 0.3) is 11.6 Å². The number of anilines is 1. The van der Waals surface area contributed by atoms with Crippen LogP contribution in [-0.4, -0.2) is 36.1 Å². The molecular weight excluding hydrogens is 310 g/mol. The average Bonchev–Trinajstić information content (AvgIpc) is 2.61. The van der Waals surface area contributed by atoms with E-state index < -0.39 is 4.92 Å². The van der Waals surface area contributed by atoms with Crippen molar-refractivity contribution < 1.29 is 14.8 Å². The zero-order valence-electron chi connectivity index (χ0n) is 13.3. The Kier molecular flexibility index (Phi) is 5.86. The van der Waals surface area contributed by atoms with Crippen molar-refractivity contribution in [3.63, 3.8) is 0 Å². The highest BCUT2D eigenvalue weighted by Crippen LogP contribution is 2.30. The largest absolute Gasteiger partial charge is 0.395 e. The number of aliphatic hydroxyl groups excluding tert-OH is 1. The molecule has 0 aliphatic carbocycles. The van der Waals surface area contributed by atoms with Gasteiger partial charge in [0.15, 0.2) is 0 Å². The van der Waals surface area contributed by atoms with Crippen LogP contribution in [0.1, 0.15) is 15.9 Å². The lowest BCUT2D eigenvalue weighted by molar-refractivity contribution is -0.384. The monoisotopic (exact) mass is 329 g/mol. The number of carbonyl (C=O) groups excluding carboxylic acids is 1. The van der Waals surface area contributed by atoms with Gasteiger partial charge in [-0.15, -0.1) is 0 Å². The summed E-state index contributed by atoms with van der Waals surface area (Å²) in [6.07, 6.45) is 0. The third-order valence-electron chi connectivity index (χ3n) is 3.59. The number of nitro groups is 1. The number of nitrogens with zero attached hydrogens (tertiary/aromatic N) is 2. The molecule has 2 N–H and O–H groups in total. The number of hydrogen-bond donors (Lipinski definition) is 2. The number of amides is 1. The van der Waals surface area contributed by atoms with Crippen LogP contribution in [0, 0.1) is 10.1 Å². The Labute approximate surface area is 139 Å². The number of carbonyl (C=O) groups is 1. The predicted molar refractivity (Wildman–Crippen MR) is 91.1 cm³/mol. The molecule has 1 amide bonds. The van der Waals surface area contributed by atoms with Crippen LogP contribution >= 0.6 is 0 Å². The van der Waals surface area contributed by atoms with Crippen LogP contribution in [0.3, 0.4) is 0 Å². The van der Waals surface area contributed by atoms with E-state index in [0.717, 1.165) is 5.56 Å². The Balaban J connectivity index is 2.41. The second kappa shape index (κ2) is 8.07. The zero-order chi connectivity index (χ0) is 17.5. The maximum absolute atomic E-state index is 11.7. The smallest absolute Gasteiger partial charge is 0.293 e. The Morgan fingerprint density at radius 2 is 1.96 bits per heavy atom. The second-order valence-electron chi connectivity index (χ2n) is 5.17. The van der Waals surface area contributed by atoms with E-state index in [1.54, 1.807) is 11.0 Å². The van der Waals surface area contributed by atoms with E-state index in [0.29, 0.717) is 12.2 Å². The summed E-state index contributed by atoms with van der Waals surface area (Å²) in [5.41, 5.74) is 1.39. The van der Waals surface area contributed by atoms with Gasteiger partial charge in [-0.25, -0.2) is 0 Å². The third-order valence-corrected chi connectivity index (χ3v) is 3.59. The fourth-order valence-electron chi connectivity index (χ4n) is 2.43. The van der Waals surface area contributed by atoms with Crippen molar-refractivity contribution in [2.75, 3.05) is 25.1 Å². The summed E-state index contributed by atoms with van der Waals surface area (Å²) in [5.74, 6) is -0.388. The van der Waals surface area contributed by atoms with Gasteiger partial charge in [-0.1, -0.05) is 30.3 Å². The molecule has 0 saturated carbocycles. The van der Waals surface area contributed by atoms with Crippen molar-refractivity contribution in [2.24, 2.45) is 0 Å². The van der Waals surface area contributed by atoms with Crippen LogP contribution in [0.2, 0.25) is 0 Å². The highest BCUT2D eigenvalue weighted by atomic mass is 16.6. The van der Waals surface area contributed by atoms with Gasteiger partial charge in [0.2, 0.25) is 0 Å². The first kappa shape index (κ1) is 17.4. The molecule has 0 atom stereocenters. The Bertz CT molecular complexity index is 719. The molecule has 0 aliphatic rings. The van der Waals surface area contributed by atoms with Gasteiger partial charge in [-0.05, 0) is 17.7 Å². The summed E-state index contributed by atoms with van der Waals surface area (Å²) in [4.78, 5) is 24.3. The number of rotatable bonds is 7. The molecule has 2 aromatic rings. The summed E-state index contributed by atoms with van der Waals surface area (Å²) in [5, 5.41) is 23.2. The summed E-state index contributed by atoms with van der Waals surface area (Å²) < 4.78 is 0. The summed E-state index contributed by atoms with van der Waals surface area (Å²) in [6.45, 7) is 0.526. The maximum atomic E-state index is 11.7. The molecule has 7 nitrogen and oxygen atoms in total. The SMILES string of the molecule is CNC(=O)c1ccc(N(CCO)Cc2ccccc2)c([N+](=O)[O-])c1. The van der Waals surface area contributed by atoms with Gasteiger partial charge in [-0.3, -0.25) is 14.9 Å². The average molecular weight is 329 g/mol. The lowest BCUT2D eigenvalue weighted by atomic mass is 10.1. The quantitative estimate of drug-likeness (QED) is 0.598. The molecule has 126 valence electrons. The van der Waals surface area contributed by atoms with Gasteiger partial charge in [0.05, 0.1) is 11.5 Å². The molecule has 0 aromatic heterocycles. The van der Waals surface area contributed by atoms with Crippen LogP contribution in [0.5, 0.6) is 0 Å². The van der Waals surface area contributed by atoms with Crippen LogP contribution in [0.25, 0.3) is 0 Å². The fourth-order valence-corrected chi connectivity index (χ4v) is 2.43. The minimum atomic E-state index is -0.517. The van der Waals surface area contributed by atoms with Crippen molar-refractivity contribution in [3.05, 3.63) is 69.8 Å². The molecule has 0 fully saturated rings. The number of nitro benzene ring substituents is 1. The second-order valence-corrected chi connectivity index (χ2v) is 5.17. The molecule has 7 heteroatoms. The number of nitrogens with one attached hydrogen (secondary N) is 1. The highest BCUT2D eigenvalue weighted by Gasteiger charge is 2.21. The van der Waals surface area contributed by atoms with E-state index in [1.807, 2.05) is 30.3 Å². The van der Waals surface area contributed by atoms with E-state index in [4.69, 9.17) is 0 Å². The number of hydrogen-bond acceptors (Lipinski definition) is 5. The van der Waals surface area contributed by atoms with Crippen molar-refractivity contribution >= 4 is 17.3 Å². The Morgan fingerprint density at radius 3 is 2.54 bits per heavy atom. The first-order valence-corrected chi connectivity index (χ1v) is 7.47. The van der Waals surface area contributed by atoms with Gasteiger partial charge in [0, 0.05) is 31.8 Å². The van der Waals surface area contributed by atoms with Crippen molar-refractivity contribution in [3.8, 4) is 0 Å². The molecule has 2 aromatic carbocycles. The van der Waals surface area contributed by atoms with Gasteiger partial charge in [0.1, 0.15) is 5.69 Å². The Hall–Kier alpha value is -2.93. The predicted octanol–water partition coefficient (Wildman–Crippen LogP) is 1.95. The molecule has 0 spiro atoms. The number of aliphatic hydroxyl groups is 1. The van der Waals surface area contributed by atoms with Crippen LogP contribution in [0.4, 0.5) is 11.4 Å². The topological polar surface area (TPSA) is 95.7 Å². The molecular formula is C17H19N3O4. The van der Waals surface area contributed by atoms with E-state index in [2.05, 4.69) is 5.32 Å². The van der Waals surface area contributed by atoms with Crippen LogP contribution < -0.4 is 10.2 Å². The molecule has 0 unspecified atom stereocenters. The highest BCUT2D eigenvalue weighted by molar-refractivity contribution is 5.95. The molecule has 0 bridgehead atoms. The molecule has 0 heterocycles. The van der Waals surface area contributed by atoms with Crippen molar-refractivity contribution in [1.82, 2.24) is 5.32 Å². The normalized spacial score (nSPS) is 10.2. The molecule has 0 radical (unpaired) electrons. The Morgan fingerprint density at radius 1 is 1.25 bits per heavy atom. The summed E-state index contributed by atoms with van der Waals surface area (Å²) >= 11 is 0. The van der Waals surface area contributed by atoms with E-state index >= 15 is 0 Å². The van der Waals surface area contributed by atoms with Gasteiger partial charge >= 0.3 is 0 Å². The van der Waals surface area contributed by atoms with Crippen LogP contribution in [0.15, 0.2) is 48.5 Å².